The number of hydrogen-bond acceptors (Lipinski definition) is 6. The van der Waals surface area contributed by atoms with Crippen LogP contribution in [0.1, 0.15) is 117 Å². The van der Waals surface area contributed by atoms with Crippen molar-refractivity contribution in [2.75, 3.05) is 0 Å². The molecule has 66 heavy (non-hydrogen) atoms. The van der Waals surface area contributed by atoms with E-state index < -0.39 is 0 Å². The van der Waals surface area contributed by atoms with Crippen LogP contribution in [0.4, 0.5) is 22.7 Å². The van der Waals surface area contributed by atoms with Crippen LogP contribution in [0, 0.1) is 83.1 Å². The van der Waals surface area contributed by atoms with Crippen LogP contribution < -0.4 is 0 Å². The van der Waals surface area contributed by atoms with E-state index >= 15 is 0 Å². The van der Waals surface area contributed by atoms with E-state index in [4.69, 9.17) is 29.9 Å². The zero-order chi connectivity index (χ0) is 47.7. The predicted molar refractivity (Wildman–Crippen MR) is 283 cm³/mol. The number of rotatable bonds is 10. The average molecular weight is 869 g/mol. The van der Waals surface area contributed by atoms with E-state index in [1.54, 1.807) is 0 Å². The molecule has 0 radical (unpaired) electrons. The number of benzene rings is 5. The van der Waals surface area contributed by atoms with Gasteiger partial charge in [-0.15, -0.1) is 0 Å². The Kier molecular flexibility index (Phi) is 13.7. The lowest BCUT2D eigenvalue weighted by Crippen LogP contribution is -2.08. The molecule has 0 fully saturated rings. The molecule has 2 aromatic heterocycles. The Morgan fingerprint density at radius 1 is 0.303 bits per heavy atom. The summed E-state index contributed by atoms with van der Waals surface area (Å²) in [7, 11) is 0. The molecule has 2 heterocycles. The molecule has 0 aliphatic heterocycles. The lowest BCUT2D eigenvalue weighted by Gasteiger charge is -2.16. The summed E-state index contributed by atoms with van der Waals surface area (Å²) in [6.45, 7) is 33.8. The van der Waals surface area contributed by atoms with Gasteiger partial charge in [-0.05, 0) is 202 Å². The summed E-state index contributed by atoms with van der Waals surface area (Å²) in [5, 5.41) is 0. The van der Waals surface area contributed by atoms with Crippen molar-refractivity contribution in [3.8, 4) is 22.3 Å². The van der Waals surface area contributed by atoms with Crippen LogP contribution >= 0.6 is 0 Å². The second-order valence-electron chi connectivity index (χ2n) is 18.6. The van der Waals surface area contributed by atoms with E-state index in [1.165, 1.54) is 22.3 Å². The SMILES string of the molecule is CC(=Nc1c(C)cc(C)cc1C)c1cc(-c2ccccc2-c2cc(C(C)=Nc3c(C)cc(C)cc3C)nc(C(C)=Nc3c(C)cc(C)cc3C)c2)cc(C(C)=Nc2c(C)cc(C)cc2C)n1. The first-order valence-corrected chi connectivity index (χ1v) is 22.9. The summed E-state index contributed by atoms with van der Waals surface area (Å²) < 4.78 is 0. The van der Waals surface area contributed by atoms with Gasteiger partial charge in [0.05, 0.1) is 68.4 Å². The third-order valence-corrected chi connectivity index (χ3v) is 12.3. The van der Waals surface area contributed by atoms with Crippen molar-refractivity contribution < 1.29 is 0 Å². The highest BCUT2D eigenvalue weighted by Gasteiger charge is 2.18. The van der Waals surface area contributed by atoms with E-state index in [0.29, 0.717) is 0 Å². The average Bonchev–Trinajstić information content (AvgIpc) is 3.25. The maximum Gasteiger partial charge on any atom is 0.0856 e. The van der Waals surface area contributed by atoms with Crippen LogP contribution in [0.3, 0.4) is 0 Å². The van der Waals surface area contributed by atoms with Crippen molar-refractivity contribution in [2.45, 2.75) is 111 Å². The first kappa shape index (κ1) is 47.1. The molecule has 334 valence electrons. The fraction of sp³-hybridized carbons (Fsp3) is 0.267. The maximum atomic E-state index is 5.30. The largest absolute Gasteiger partial charge is 0.251 e. The van der Waals surface area contributed by atoms with Gasteiger partial charge in [-0.3, -0.25) is 20.0 Å². The molecule has 0 unspecified atom stereocenters. The molecule has 0 bridgehead atoms. The van der Waals surface area contributed by atoms with E-state index in [9.17, 15) is 0 Å². The number of aliphatic imine (C=N–C) groups is 4. The molecular weight excluding hydrogens is 805 g/mol. The van der Waals surface area contributed by atoms with Crippen molar-refractivity contribution >= 4 is 45.6 Å². The molecule has 6 nitrogen and oxygen atoms in total. The third kappa shape index (κ3) is 10.3. The Bertz CT molecular complexity index is 2700. The minimum absolute atomic E-state index is 0.790. The van der Waals surface area contributed by atoms with E-state index in [-0.39, 0.29) is 0 Å². The number of aryl methyl sites for hydroxylation is 12. The van der Waals surface area contributed by atoms with Gasteiger partial charge in [0.1, 0.15) is 0 Å². The topological polar surface area (TPSA) is 75.2 Å². The summed E-state index contributed by atoms with van der Waals surface area (Å²) in [6.07, 6.45) is 0. The van der Waals surface area contributed by atoms with E-state index in [1.807, 2.05) is 0 Å². The fourth-order valence-electron chi connectivity index (χ4n) is 9.40. The number of aromatic nitrogens is 2. The van der Waals surface area contributed by atoms with Gasteiger partial charge in [-0.25, -0.2) is 9.97 Å². The smallest absolute Gasteiger partial charge is 0.0856 e. The first-order valence-electron chi connectivity index (χ1n) is 22.9. The van der Waals surface area contributed by atoms with Crippen LogP contribution in [-0.2, 0) is 0 Å². The van der Waals surface area contributed by atoms with Gasteiger partial charge >= 0.3 is 0 Å². The first-order chi connectivity index (χ1) is 31.3. The van der Waals surface area contributed by atoms with Gasteiger partial charge in [-0.1, -0.05) is 95.1 Å². The standard InChI is InChI=1S/C60H64N6/c1-33-21-37(5)57(38(6)22-33)61-45(13)53-29-49(30-54(65-53)46(14)62-58-39(7)23-34(2)24-40(58)8)51-19-17-18-20-52(51)50-31-55(47(15)63-59-41(9)25-35(3)26-42(59)10)66-56(32-50)48(16)64-60-43(11)27-36(4)28-44(60)12/h17-32H,1-16H3. The molecule has 0 saturated carbocycles. The highest BCUT2D eigenvalue weighted by molar-refractivity contribution is 6.06. The zero-order valence-electron chi connectivity index (χ0n) is 41.9. The molecule has 0 aliphatic carbocycles. The van der Waals surface area contributed by atoms with Crippen molar-refractivity contribution in [2.24, 2.45) is 20.0 Å². The zero-order valence-corrected chi connectivity index (χ0v) is 41.9. The summed E-state index contributed by atoms with van der Waals surface area (Å²) >= 11 is 0. The van der Waals surface area contributed by atoms with Crippen molar-refractivity contribution in [1.29, 1.82) is 0 Å². The summed E-state index contributed by atoms with van der Waals surface area (Å²) in [4.78, 5) is 31.6. The number of nitrogens with zero attached hydrogens (tertiary/aromatic N) is 6. The predicted octanol–water partition coefficient (Wildman–Crippen LogP) is 16.1. The molecule has 0 aliphatic rings. The summed E-state index contributed by atoms with van der Waals surface area (Å²) in [5.74, 6) is 0. The molecule has 7 rings (SSSR count). The van der Waals surface area contributed by atoms with Gasteiger partial charge < -0.3 is 0 Å². The second-order valence-corrected chi connectivity index (χ2v) is 18.6. The maximum absolute atomic E-state index is 5.30. The number of hydrogen-bond donors (Lipinski definition) is 0. The normalized spacial score (nSPS) is 12.6. The molecule has 0 spiro atoms. The quantitative estimate of drug-likeness (QED) is 0.128. The fourth-order valence-corrected chi connectivity index (χ4v) is 9.40. The van der Waals surface area contributed by atoms with Crippen LogP contribution in [0.25, 0.3) is 22.3 Å². The highest BCUT2D eigenvalue weighted by Crippen LogP contribution is 2.36. The molecular formula is C60H64N6. The molecule has 0 atom stereocenters. The van der Waals surface area contributed by atoms with Crippen LogP contribution in [-0.4, -0.2) is 32.8 Å². The third-order valence-electron chi connectivity index (χ3n) is 12.3. The second kappa shape index (κ2) is 19.3. The highest BCUT2D eigenvalue weighted by atomic mass is 14.9. The van der Waals surface area contributed by atoms with Crippen molar-refractivity contribution in [1.82, 2.24) is 9.97 Å². The minimum atomic E-state index is 0.790. The Labute approximate surface area is 393 Å². The molecule has 0 saturated heterocycles. The van der Waals surface area contributed by atoms with E-state index in [0.717, 1.165) is 135 Å². The van der Waals surface area contributed by atoms with Crippen LogP contribution in [0.2, 0.25) is 0 Å². The molecule has 0 N–H and O–H groups in total. The van der Waals surface area contributed by atoms with Crippen molar-refractivity contribution in [3.05, 3.63) is 187 Å². The lowest BCUT2D eigenvalue weighted by molar-refractivity contribution is 1.22. The Morgan fingerprint density at radius 3 is 0.697 bits per heavy atom. The Morgan fingerprint density at radius 2 is 0.500 bits per heavy atom. The molecule has 0 amide bonds. The number of pyridine rings is 2. The van der Waals surface area contributed by atoms with E-state index in [2.05, 4.69) is 208 Å². The lowest BCUT2D eigenvalue weighted by atomic mass is 9.92. The molecule has 7 aromatic rings. The van der Waals surface area contributed by atoms with Gasteiger partial charge in [0.25, 0.3) is 0 Å². The van der Waals surface area contributed by atoms with Gasteiger partial charge in [0.15, 0.2) is 0 Å². The van der Waals surface area contributed by atoms with Crippen LogP contribution in [0.15, 0.2) is 117 Å². The molecule has 5 aromatic carbocycles. The van der Waals surface area contributed by atoms with Gasteiger partial charge in [0, 0.05) is 0 Å². The summed E-state index contributed by atoms with van der Waals surface area (Å²) in [5.41, 5.74) is 28.5. The Balaban J connectivity index is 1.46. The van der Waals surface area contributed by atoms with Crippen LogP contribution in [0.5, 0.6) is 0 Å². The Hall–Kier alpha value is -6.92. The van der Waals surface area contributed by atoms with Crippen molar-refractivity contribution in [3.63, 3.8) is 0 Å². The summed E-state index contributed by atoms with van der Waals surface area (Å²) in [6, 6.07) is 34.8. The van der Waals surface area contributed by atoms with Gasteiger partial charge in [-0.2, -0.15) is 0 Å². The monoisotopic (exact) mass is 869 g/mol. The molecule has 6 heteroatoms. The minimum Gasteiger partial charge on any atom is -0.251 e. The van der Waals surface area contributed by atoms with Gasteiger partial charge in [0.2, 0.25) is 0 Å².